The third kappa shape index (κ3) is 6.02. The summed E-state index contributed by atoms with van der Waals surface area (Å²) in [5.41, 5.74) is 1.09. The van der Waals surface area contributed by atoms with E-state index in [1.54, 1.807) is 0 Å². The normalized spacial score (nSPS) is 11.6. The summed E-state index contributed by atoms with van der Waals surface area (Å²) in [6.45, 7) is 1.35. The van der Waals surface area contributed by atoms with Crippen LogP contribution in [0.4, 0.5) is 0 Å². The van der Waals surface area contributed by atoms with Crippen LogP contribution in [0.25, 0.3) is 0 Å². The Morgan fingerprint density at radius 1 is 1.35 bits per heavy atom. The Morgan fingerprint density at radius 2 is 2.12 bits per heavy atom. The highest BCUT2D eigenvalue weighted by Crippen LogP contribution is 2.10. The van der Waals surface area contributed by atoms with Gasteiger partial charge in [0.25, 0.3) is 0 Å². The molecule has 0 aliphatic heterocycles. The first-order chi connectivity index (χ1) is 8.03. The van der Waals surface area contributed by atoms with Gasteiger partial charge in [-0.2, -0.15) is 0 Å². The number of benzene rings is 1. The van der Waals surface area contributed by atoms with Gasteiger partial charge in [-0.15, -0.1) is 0 Å². The van der Waals surface area contributed by atoms with Crippen LogP contribution < -0.4 is 10.0 Å². The minimum absolute atomic E-state index is 0.145. The smallest absolute Gasteiger partial charge is 0.211 e. The van der Waals surface area contributed by atoms with Crippen molar-refractivity contribution in [2.45, 2.75) is 13.0 Å². The summed E-state index contributed by atoms with van der Waals surface area (Å²) >= 11 is 5.85. The fourth-order valence-electron chi connectivity index (χ4n) is 1.37. The second-order valence-electron chi connectivity index (χ2n) is 3.68. The largest absolute Gasteiger partial charge is 0.313 e. The molecule has 96 valence electrons. The second kappa shape index (κ2) is 6.96. The fraction of sp³-hybridized carbons (Fsp3) is 0.455. The lowest BCUT2D eigenvalue weighted by atomic mass is 10.2. The number of sulfonamides is 1. The van der Waals surface area contributed by atoms with E-state index < -0.39 is 10.0 Å². The standard InChI is InChI=1S/C11H17ClN2O2S/c1-13-17(15,16)7-3-6-14-9-10-4-2-5-11(12)8-10/h2,4-5,8,13-14H,3,6-7,9H2,1H3. The summed E-state index contributed by atoms with van der Waals surface area (Å²) in [6, 6.07) is 7.58. The predicted molar refractivity (Wildman–Crippen MR) is 70.6 cm³/mol. The quantitative estimate of drug-likeness (QED) is 0.740. The topological polar surface area (TPSA) is 58.2 Å². The minimum Gasteiger partial charge on any atom is -0.313 e. The van der Waals surface area contributed by atoms with Crippen LogP contribution in [0.1, 0.15) is 12.0 Å². The Morgan fingerprint density at radius 3 is 2.76 bits per heavy atom. The molecule has 1 aromatic rings. The maximum absolute atomic E-state index is 11.1. The maximum atomic E-state index is 11.1. The van der Waals surface area contributed by atoms with Gasteiger partial charge in [-0.05, 0) is 37.7 Å². The van der Waals surface area contributed by atoms with Gasteiger partial charge in [0, 0.05) is 11.6 Å². The molecule has 6 heteroatoms. The van der Waals surface area contributed by atoms with Gasteiger partial charge in [0.2, 0.25) is 10.0 Å². The van der Waals surface area contributed by atoms with Crippen LogP contribution in [0.2, 0.25) is 5.02 Å². The van der Waals surface area contributed by atoms with Gasteiger partial charge < -0.3 is 5.32 Å². The van der Waals surface area contributed by atoms with Gasteiger partial charge in [0.05, 0.1) is 5.75 Å². The molecule has 1 aromatic carbocycles. The van der Waals surface area contributed by atoms with Crippen molar-refractivity contribution in [3.05, 3.63) is 34.9 Å². The van der Waals surface area contributed by atoms with E-state index in [0.717, 1.165) is 5.56 Å². The van der Waals surface area contributed by atoms with Crippen molar-refractivity contribution in [3.8, 4) is 0 Å². The Hall–Kier alpha value is -0.620. The van der Waals surface area contributed by atoms with E-state index in [0.29, 0.717) is 24.5 Å². The molecule has 0 amide bonds. The molecule has 17 heavy (non-hydrogen) atoms. The molecule has 0 radical (unpaired) electrons. The van der Waals surface area contributed by atoms with E-state index in [-0.39, 0.29) is 5.75 Å². The Bertz CT molecular complexity index is 449. The molecule has 0 spiro atoms. The van der Waals surface area contributed by atoms with Crippen molar-refractivity contribution in [2.75, 3.05) is 19.3 Å². The Labute approximate surface area is 107 Å². The van der Waals surface area contributed by atoms with E-state index in [4.69, 9.17) is 11.6 Å². The fourth-order valence-corrected chi connectivity index (χ4v) is 2.31. The summed E-state index contributed by atoms with van der Waals surface area (Å²) in [7, 11) is -1.66. The summed E-state index contributed by atoms with van der Waals surface area (Å²) in [5.74, 6) is 0.145. The predicted octanol–water partition coefficient (Wildman–Crippen LogP) is 1.37. The highest BCUT2D eigenvalue weighted by molar-refractivity contribution is 7.89. The molecule has 0 aromatic heterocycles. The first kappa shape index (κ1) is 14.4. The third-order valence-corrected chi connectivity index (χ3v) is 3.98. The van der Waals surface area contributed by atoms with Gasteiger partial charge in [-0.25, -0.2) is 13.1 Å². The van der Waals surface area contributed by atoms with Gasteiger partial charge >= 0.3 is 0 Å². The number of rotatable bonds is 7. The minimum atomic E-state index is -3.08. The summed E-state index contributed by atoms with van der Waals surface area (Å²) in [4.78, 5) is 0. The molecule has 0 saturated heterocycles. The van der Waals surface area contributed by atoms with Crippen LogP contribution in [0, 0.1) is 0 Å². The molecule has 0 fully saturated rings. The lowest BCUT2D eigenvalue weighted by Gasteiger charge is -2.05. The Kier molecular flexibility index (Phi) is 5.91. The maximum Gasteiger partial charge on any atom is 0.211 e. The van der Waals surface area contributed by atoms with Crippen molar-refractivity contribution in [1.29, 1.82) is 0 Å². The zero-order chi connectivity index (χ0) is 12.7. The van der Waals surface area contributed by atoms with Gasteiger partial charge in [0.15, 0.2) is 0 Å². The first-order valence-electron chi connectivity index (χ1n) is 5.40. The van der Waals surface area contributed by atoms with E-state index in [1.807, 2.05) is 24.3 Å². The summed E-state index contributed by atoms with van der Waals surface area (Å²) in [6.07, 6.45) is 0.587. The summed E-state index contributed by atoms with van der Waals surface area (Å²) < 4.78 is 24.5. The molecular formula is C11H17ClN2O2S. The highest BCUT2D eigenvalue weighted by Gasteiger charge is 2.05. The van der Waals surface area contributed by atoms with Crippen molar-refractivity contribution in [3.63, 3.8) is 0 Å². The zero-order valence-corrected chi connectivity index (χ0v) is 11.3. The van der Waals surface area contributed by atoms with Crippen LogP contribution in [0.3, 0.4) is 0 Å². The van der Waals surface area contributed by atoms with E-state index in [2.05, 4.69) is 10.0 Å². The molecule has 0 aliphatic rings. The van der Waals surface area contributed by atoms with Crippen LogP contribution in [0.15, 0.2) is 24.3 Å². The molecule has 0 saturated carbocycles. The zero-order valence-electron chi connectivity index (χ0n) is 9.74. The molecule has 0 unspecified atom stereocenters. The van der Waals surface area contributed by atoms with Gasteiger partial charge in [-0.1, -0.05) is 23.7 Å². The molecule has 2 N–H and O–H groups in total. The van der Waals surface area contributed by atoms with Crippen molar-refractivity contribution >= 4 is 21.6 Å². The lowest BCUT2D eigenvalue weighted by molar-refractivity contribution is 0.581. The van der Waals surface area contributed by atoms with E-state index >= 15 is 0 Å². The van der Waals surface area contributed by atoms with Crippen molar-refractivity contribution in [1.82, 2.24) is 10.0 Å². The van der Waals surface area contributed by atoms with Crippen molar-refractivity contribution in [2.24, 2.45) is 0 Å². The Balaban J connectivity index is 2.21. The first-order valence-corrected chi connectivity index (χ1v) is 7.43. The molecule has 0 atom stereocenters. The van der Waals surface area contributed by atoms with Crippen molar-refractivity contribution < 1.29 is 8.42 Å². The third-order valence-electron chi connectivity index (χ3n) is 2.30. The van der Waals surface area contributed by atoms with Crippen LogP contribution in [0.5, 0.6) is 0 Å². The molecule has 0 aliphatic carbocycles. The number of hydrogen-bond donors (Lipinski definition) is 2. The van der Waals surface area contributed by atoms with Crippen LogP contribution in [-0.2, 0) is 16.6 Å². The summed E-state index contributed by atoms with van der Waals surface area (Å²) in [5, 5.41) is 3.88. The average molecular weight is 277 g/mol. The van der Waals surface area contributed by atoms with Crippen LogP contribution >= 0.6 is 11.6 Å². The molecule has 0 bridgehead atoms. The monoisotopic (exact) mass is 276 g/mol. The average Bonchev–Trinajstić information content (AvgIpc) is 2.29. The number of halogens is 1. The SMILES string of the molecule is CNS(=O)(=O)CCCNCc1cccc(Cl)c1. The number of hydrogen-bond acceptors (Lipinski definition) is 3. The lowest BCUT2D eigenvalue weighted by Crippen LogP contribution is -2.25. The van der Waals surface area contributed by atoms with Gasteiger partial charge in [0.1, 0.15) is 0 Å². The molecule has 1 rings (SSSR count). The van der Waals surface area contributed by atoms with E-state index in [9.17, 15) is 8.42 Å². The second-order valence-corrected chi connectivity index (χ2v) is 6.17. The number of nitrogens with one attached hydrogen (secondary N) is 2. The highest BCUT2D eigenvalue weighted by atomic mass is 35.5. The molecule has 4 nitrogen and oxygen atoms in total. The van der Waals surface area contributed by atoms with Gasteiger partial charge in [-0.3, -0.25) is 0 Å². The molecular weight excluding hydrogens is 260 g/mol. The molecule has 0 heterocycles. The van der Waals surface area contributed by atoms with E-state index in [1.165, 1.54) is 7.05 Å². The van der Waals surface area contributed by atoms with Crippen LogP contribution in [-0.4, -0.2) is 27.8 Å².